The van der Waals surface area contributed by atoms with Crippen molar-refractivity contribution in [1.82, 2.24) is 4.98 Å². The van der Waals surface area contributed by atoms with E-state index in [0.29, 0.717) is 11.4 Å². The molecule has 0 radical (unpaired) electrons. The molecule has 0 unspecified atom stereocenters. The summed E-state index contributed by atoms with van der Waals surface area (Å²) in [7, 11) is 0. The highest BCUT2D eigenvalue weighted by Gasteiger charge is 2.21. The van der Waals surface area contributed by atoms with Crippen LogP contribution >= 0.6 is 0 Å². The molecule has 1 aliphatic heterocycles. The first-order valence-electron chi connectivity index (χ1n) is 7.18. The molecule has 2 aromatic rings. The first kappa shape index (κ1) is 13.8. The van der Waals surface area contributed by atoms with E-state index in [-0.39, 0.29) is 12.4 Å². The van der Waals surface area contributed by atoms with Gasteiger partial charge in [-0.05, 0) is 18.2 Å². The van der Waals surface area contributed by atoms with Gasteiger partial charge in [-0.1, -0.05) is 18.2 Å². The van der Waals surface area contributed by atoms with Crippen molar-refractivity contribution in [2.45, 2.75) is 6.54 Å². The number of rotatable bonds is 3. The van der Waals surface area contributed by atoms with Gasteiger partial charge >= 0.3 is 0 Å². The van der Waals surface area contributed by atoms with E-state index in [4.69, 9.17) is 5.73 Å². The number of pyridine rings is 1. The van der Waals surface area contributed by atoms with Crippen molar-refractivity contribution < 1.29 is 4.39 Å². The molecule has 0 amide bonds. The summed E-state index contributed by atoms with van der Waals surface area (Å²) in [5.41, 5.74) is 7.28. The van der Waals surface area contributed by atoms with Crippen LogP contribution in [-0.2, 0) is 6.54 Å². The number of halogens is 1. The minimum absolute atomic E-state index is 0.200. The van der Waals surface area contributed by atoms with Gasteiger partial charge in [0.1, 0.15) is 0 Å². The Labute approximate surface area is 124 Å². The van der Waals surface area contributed by atoms with Crippen LogP contribution < -0.4 is 15.5 Å². The summed E-state index contributed by atoms with van der Waals surface area (Å²) in [6, 6.07) is 11.9. The number of para-hydroxylation sites is 1. The highest BCUT2D eigenvalue weighted by Crippen LogP contribution is 2.22. The van der Waals surface area contributed by atoms with E-state index in [1.165, 1.54) is 5.69 Å². The van der Waals surface area contributed by atoms with Gasteiger partial charge < -0.3 is 15.5 Å². The monoisotopic (exact) mass is 286 g/mol. The Hall–Kier alpha value is -2.14. The van der Waals surface area contributed by atoms with E-state index in [0.717, 1.165) is 26.2 Å². The lowest BCUT2D eigenvalue weighted by Gasteiger charge is -2.37. The van der Waals surface area contributed by atoms with Crippen molar-refractivity contribution in [2.75, 3.05) is 36.0 Å². The summed E-state index contributed by atoms with van der Waals surface area (Å²) in [4.78, 5) is 8.49. The number of anilines is 2. The average molecular weight is 286 g/mol. The molecule has 1 aromatic heterocycles. The highest BCUT2D eigenvalue weighted by molar-refractivity contribution is 5.50. The maximum Gasteiger partial charge on any atom is 0.170 e. The number of benzene rings is 1. The van der Waals surface area contributed by atoms with Gasteiger partial charge in [0.2, 0.25) is 0 Å². The fraction of sp³-hybridized carbons (Fsp3) is 0.312. The average Bonchev–Trinajstić information content (AvgIpc) is 2.56. The predicted molar refractivity (Wildman–Crippen MR) is 83.0 cm³/mol. The third kappa shape index (κ3) is 2.83. The van der Waals surface area contributed by atoms with Gasteiger partial charge in [0.15, 0.2) is 11.6 Å². The largest absolute Gasteiger partial charge is 0.368 e. The van der Waals surface area contributed by atoms with Crippen LogP contribution in [0.3, 0.4) is 0 Å². The molecule has 0 spiro atoms. The summed E-state index contributed by atoms with van der Waals surface area (Å²) in [6.45, 7) is 3.43. The van der Waals surface area contributed by atoms with Crippen molar-refractivity contribution in [3.05, 3.63) is 54.0 Å². The lowest BCUT2D eigenvalue weighted by atomic mass is 10.2. The Kier molecular flexibility index (Phi) is 4.01. The van der Waals surface area contributed by atoms with Crippen molar-refractivity contribution >= 4 is 11.5 Å². The summed E-state index contributed by atoms with van der Waals surface area (Å²) in [6.07, 6.45) is 1.63. The molecule has 1 saturated heterocycles. The number of piperazine rings is 1. The molecule has 5 heteroatoms. The molecule has 1 aliphatic rings. The summed E-state index contributed by atoms with van der Waals surface area (Å²) in [5, 5.41) is 0. The van der Waals surface area contributed by atoms with E-state index in [1.807, 2.05) is 23.1 Å². The molecular weight excluding hydrogens is 267 g/mol. The molecule has 2 heterocycles. The first-order valence-corrected chi connectivity index (χ1v) is 7.18. The van der Waals surface area contributed by atoms with Crippen LogP contribution in [0.15, 0.2) is 42.6 Å². The third-order valence-corrected chi connectivity index (χ3v) is 3.87. The van der Waals surface area contributed by atoms with Gasteiger partial charge in [0.05, 0.1) is 0 Å². The van der Waals surface area contributed by atoms with E-state index in [9.17, 15) is 4.39 Å². The zero-order chi connectivity index (χ0) is 14.7. The Morgan fingerprint density at radius 1 is 1.00 bits per heavy atom. The molecule has 3 rings (SSSR count). The smallest absolute Gasteiger partial charge is 0.170 e. The van der Waals surface area contributed by atoms with Crippen LogP contribution in [0.4, 0.5) is 15.9 Å². The number of nitrogens with zero attached hydrogens (tertiary/aromatic N) is 3. The zero-order valence-electron chi connectivity index (χ0n) is 11.9. The minimum atomic E-state index is -0.284. The fourth-order valence-corrected chi connectivity index (χ4v) is 2.66. The van der Waals surface area contributed by atoms with E-state index < -0.39 is 0 Å². The molecule has 0 saturated carbocycles. The van der Waals surface area contributed by atoms with Crippen molar-refractivity contribution in [2.24, 2.45) is 5.73 Å². The lowest BCUT2D eigenvalue weighted by molar-refractivity contribution is 0.577. The summed E-state index contributed by atoms with van der Waals surface area (Å²) < 4.78 is 14.3. The van der Waals surface area contributed by atoms with Crippen molar-refractivity contribution in [3.8, 4) is 0 Å². The molecule has 4 nitrogen and oxygen atoms in total. The topological polar surface area (TPSA) is 45.4 Å². The molecule has 21 heavy (non-hydrogen) atoms. The molecule has 0 atom stereocenters. The number of hydrogen-bond donors (Lipinski definition) is 1. The van der Waals surface area contributed by atoms with Crippen LogP contribution in [0.25, 0.3) is 0 Å². The molecule has 1 fully saturated rings. The Morgan fingerprint density at radius 2 is 1.67 bits per heavy atom. The van der Waals surface area contributed by atoms with Crippen molar-refractivity contribution in [3.63, 3.8) is 0 Å². The lowest BCUT2D eigenvalue weighted by Crippen LogP contribution is -2.47. The Morgan fingerprint density at radius 3 is 2.33 bits per heavy atom. The van der Waals surface area contributed by atoms with Gasteiger partial charge in [-0.25, -0.2) is 9.37 Å². The maximum absolute atomic E-state index is 14.3. The van der Waals surface area contributed by atoms with Crippen molar-refractivity contribution in [1.29, 1.82) is 0 Å². The molecule has 2 N–H and O–H groups in total. The summed E-state index contributed by atoms with van der Waals surface area (Å²) >= 11 is 0. The minimum Gasteiger partial charge on any atom is -0.368 e. The Bertz CT molecular complexity index is 594. The molecule has 0 bridgehead atoms. The third-order valence-electron chi connectivity index (χ3n) is 3.87. The van der Waals surface area contributed by atoms with Gasteiger partial charge in [-0.3, -0.25) is 0 Å². The number of nitrogens with two attached hydrogens (primary N) is 1. The highest BCUT2D eigenvalue weighted by atomic mass is 19.1. The van der Waals surface area contributed by atoms with Gasteiger partial charge in [0.25, 0.3) is 0 Å². The standard InChI is InChI=1S/C16H19FN4/c17-15-13(12-18)6-7-19-16(15)21-10-8-20(9-11-21)14-4-2-1-3-5-14/h1-7H,8-12,18H2. The normalized spacial score (nSPS) is 15.3. The molecular formula is C16H19FN4. The predicted octanol–water partition coefficient (Wildman–Crippen LogP) is 2.01. The zero-order valence-corrected chi connectivity index (χ0v) is 11.9. The van der Waals surface area contributed by atoms with Crippen LogP contribution in [0.5, 0.6) is 0 Å². The summed E-state index contributed by atoms with van der Waals surface area (Å²) in [5.74, 6) is 0.138. The quantitative estimate of drug-likeness (QED) is 0.937. The van der Waals surface area contributed by atoms with E-state index in [1.54, 1.807) is 12.3 Å². The fourth-order valence-electron chi connectivity index (χ4n) is 2.66. The first-order chi connectivity index (χ1) is 10.3. The second-order valence-electron chi connectivity index (χ2n) is 5.12. The van der Waals surface area contributed by atoms with Crippen LogP contribution in [-0.4, -0.2) is 31.2 Å². The number of hydrogen-bond acceptors (Lipinski definition) is 4. The SMILES string of the molecule is NCc1ccnc(N2CCN(c3ccccc3)CC2)c1F. The maximum atomic E-state index is 14.3. The second-order valence-corrected chi connectivity index (χ2v) is 5.12. The number of aromatic nitrogens is 1. The van der Waals surface area contributed by atoms with E-state index in [2.05, 4.69) is 22.0 Å². The Balaban J connectivity index is 1.72. The second kappa shape index (κ2) is 6.10. The van der Waals surface area contributed by atoms with Crippen LogP contribution in [0, 0.1) is 5.82 Å². The van der Waals surface area contributed by atoms with Gasteiger partial charge in [0, 0.05) is 50.2 Å². The van der Waals surface area contributed by atoms with Crippen LogP contribution in [0.2, 0.25) is 0 Å². The van der Waals surface area contributed by atoms with Gasteiger partial charge in [-0.2, -0.15) is 0 Å². The van der Waals surface area contributed by atoms with Gasteiger partial charge in [-0.15, -0.1) is 0 Å². The molecule has 110 valence electrons. The molecule has 1 aromatic carbocycles. The van der Waals surface area contributed by atoms with Crippen LogP contribution in [0.1, 0.15) is 5.56 Å². The molecule has 0 aliphatic carbocycles. The van der Waals surface area contributed by atoms with E-state index >= 15 is 0 Å².